The van der Waals surface area contributed by atoms with Crippen molar-refractivity contribution in [2.75, 3.05) is 13.1 Å². The maximum absolute atomic E-state index is 5.40. The molecule has 1 saturated heterocycles. The van der Waals surface area contributed by atoms with Crippen molar-refractivity contribution in [3.05, 3.63) is 0 Å². The molecule has 2 nitrogen and oxygen atoms in total. The lowest BCUT2D eigenvalue weighted by Crippen LogP contribution is -2.57. The molecule has 0 bridgehead atoms. The van der Waals surface area contributed by atoms with Gasteiger partial charge in [-0.2, -0.15) is 0 Å². The van der Waals surface area contributed by atoms with Crippen LogP contribution in [0.2, 0.25) is 0 Å². The summed E-state index contributed by atoms with van der Waals surface area (Å²) in [4.78, 5) is 2.56. The van der Waals surface area contributed by atoms with Crippen LogP contribution in [0.25, 0.3) is 0 Å². The average molecular weight is 194 g/mol. The smallest absolute Gasteiger partial charge is 0.0242 e. The molecule has 1 rings (SSSR count). The maximum Gasteiger partial charge on any atom is 0.0242 e. The van der Waals surface area contributed by atoms with E-state index in [0.29, 0.717) is 18.1 Å². The van der Waals surface area contributed by atoms with Crippen molar-refractivity contribution < 1.29 is 0 Å². The van der Waals surface area contributed by atoms with Crippen LogP contribution in [-0.2, 0) is 0 Å². The number of hydrogen-bond donors (Lipinski definition) is 1. The molecule has 2 heteroatoms. The first-order chi connectivity index (χ1) is 6.69. The predicted octanol–water partition coefficient (Wildman–Crippen LogP) is 1.47. The highest BCUT2D eigenvalue weighted by Gasteiger charge is 2.26. The number of hydrogen-bond acceptors (Lipinski definition) is 2. The van der Waals surface area contributed by atoms with Gasteiger partial charge >= 0.3 is 0 Å². The summed E-state index contributed by atoms with van der Waals surface area (Å²) in [5.41, 5.74) is 0. The summed E-state index contributed by atoms with van der Waals surface area (Å²) in [6, 6.07) is 1.78. The van der Waals surface area contributed by atoms with Gasteiger partial charge in [-0.25, -0.2) is 0 Å². The first kappa shape index (κ1) is 11.6. The third-order valence-electron chi connectivity index (χ3n) is 3.11. The molecule has 0 aromatic heterocycles. The number of nitrogens with zero attached hydrogens (tertiary/aromatic N) is 1. The Morgan fingerprint density at radius 1 is 1.57 bits per heavy atom. The zero-order valence-electron chi connectivity index (χ0n) is 9.59. The molecule has 1 N–H and O–H groups in total. The number of terminal acetylenes is 1. The van der Waals surface area contributed by atoms with E-state index in [9.17, 15) is 0 Å². The van der Waals surface area contributed by atoms with Crippen LogP contribution < -0.4 is 5.32 Å². The van der Waals surface area contributed by atoms with Crippen molar-refractivity contribution in [3.63, 3.8) is 0 Å². The van der Waals surface area contributed by atoms with Gasteiger partial charge in [-0.1, -0.05) is 6.92 Å². The molecule has 1 aliphatic heterocycles. The van der Waals surface area contributed by atoms with E-state index in [2.05, 4.69) is 36.9 Å². The lowest BCUT2D eigenvalue weighted by molar-refractivity contribution is 0.0945. The Kier molecular flexibility index (Phi) is 4.44. The maximum atomic E-state index is 5.40. The van der Waals surface area contributed by atoms with Crippen LogP contribution in [-0.4, -0.2) is 36.1 Å². The van der Waals surface area contributed by atoms with Gasteiger partial charge in [0.1, 0.15) is 0 Å². The Balaban J connectivity index is 2.58. The van der Waals surface area contributed by atoms with Gasteiger partial charge in [0.25, 0.3) is 0 Å². The molecule has 0 amide bonds. The van der Waals surface area contributed by atoms with Crippen LogP contribution >= 0.6 is 0 Å². The standard InChI is InChI=1S/C12H22N2/c1-5-7-12(6-2)14-9-10(3)13-8-11(14)4/h1,10-13H,6-9H2,2-4H3. The molecule has 14 heavy (non-hydrogen) atoms. The van der Waals surface area contributed by atoms with Gasteiger partial charge in [0.15, 0.2) is 0 Å². The van der Waals surface area contributed by atoms with Crippen LogP contribution in [0.1, 0.15) is 33.6 Å². The topological polar surface area (TPSA) is 15.3 Å². The lowest BCUT2D eigenvalue weighted by atomic mass is 10.0. The molecule has 0 aromatic carbocycles. The van der Waals surface area contributed by atoms with E-state index in [1.54, 1.807) is 0 Å². The van der Waals surface area contributed by atoms with E-state index >= 15 is 0 Å². The normalized spacial score (nSPS) is 31.0. The van der Waals surface area contributed by atoms with Crippen molar-refractivity contribution in [2.45, 2.75) is 51.7 Å². The first-order valence-electron chi connectivity index (χ1n) is 5.61. The van der Waals surface area contributed by atoms with E-state index in [4.69, 9.17) is 6.42 Å². The van der Waals surface area contributed by atoms with Gasteiger partial charge < -0.3 is 5.32 Å². The SMILES string of the molecule is C#CCC(CC)N1CC(C)NCC1C. The Labute approximate surface area is 88.1 Å². The Morgan fingerprint density at radius 2 is 2.29 bits per heavy atom. The van der Waals surface area contributed by atoms with Crippen molar-refractivity contribution in [3.8, 4) is 12.3 Å². The minimum Gasteiger partial charge on any atom is -0.311 e. The summed E-state index contributed by atoms with van der Waals surface area (Å²) in [6.45, 7) is 8.95. The van der Waals surface area contributed by atoms with Gasteiger partial charge in [0.2, 0.25) is 0 Å². The minimum atomic E-state index is 0.569. The van der Waals surface area contributed by atoms with Crippen molar-refractivity contribution in [1.82, 2.24) is 10.2 Å². The zero-order valence-corrected chi connectivity index (χ0v) is 9.59. The molecule has 3 atom stereocenters. The van der Waals surface area contributed by atoms with Gasteiger partial charge in [0, 0.05) is 37.6 Å². The molecule has 1 heterocycles. The molecule has 0 saturated carbocycles. The zero-order chi connectivity index (χ0) is 10.6. The number of rotatable bonds is 3. The van der Waals surface area contributed by atoms with E-state index in [0.717, 1.165) is 25.9 Å². The molecule has 3 unspecified atom stereocenters. The average Bonchev–Trinajstić information content (AvgIpc) is 2.18. The van der Waals surface area contributed by atoms with E-state index in [-0.39, 0.29) is 0 Å². The van der Waals surface area contributed by atoms with E-state index < -0.39 is 0 Å². The fourth-order valence-electron chi connectivity index (χ4n) is 2.19. The summed E-state index contributed by atoms with van der Waals surface area (Å²) in [5, 5.41) is 3.49. The molecule has 1 aliphatic rings. The quantitative estimate of drug-likeness (QED) is 0.684. The molecule has 80 valence electrons. The van der Waals surface area contributed by atoms with Crippen molar-refractivity contribution >= 4 is 0 Å². The third-order valence-corrected chi connectivity index (χ3v) is 3.11. The highest BCUT2D eigenvalue weighted by molar-refractivity contribution is 4.94. The molecular formula is C12H22N2. The summed E-state index contributed by atoms with van der Waals surface area (Å²) in [6.07, 6.45) is 7.44. The first-order valence-corrected chi connectivity index (χ1v) is 5.61. The molecule has 0 radical (unpaired) electrons. The highest BCUT2D eigenvalue weighted by atomic mass is 15.2. The molecule has 0 spiro atoms. The van der Waals surface area contributed by atoms with Crippen LogP contribution in [0.15, 0.2) is 0 Å². The van der Waals surface area contributed by atoms with Crippen LogP contribution in [0.5, 0.6) is 0 Å². The lowest BCUT2D eigenvalue weighted by Gasteiger charge is -2.41. The summed E-state index contributed by atoms with van der Waals surface area (Å²) >= 11 is 0. The summed E-state index contributed by atoms with van der Waals surface area (Å²) < 4.78 is 0. The fraction of sp³-hybridized carbons (Fsp3) is 0.833. The van der Waals surface area contributed by atoms with E-state index in [1.807, 2.05) is 0 Å². The second-order valence-corrected chi connectivity index (χ2v) is 4.33. The minimum absolute atomic E-state index is 0.569. The van der Waals surface area contributed by atoms with Gasteiger partial charge in [-0.05, 0) is 20.3 Å². The van der Waals surface area contributed by atoms with Crippen molar-refractivity contribution in [2.24, 2.45) is 0 Å². The highest BCUT2D eigenvalue weighted by Crippen LogP contribution is 2.15. The summed E-state index contributed by atoms with van der Waals surface area (Å²) in [5.74, 6) is 2.79. The molecular weight excluding hydrogens is 172 g/mol. The number of piperazine rings is 1. The second kappa shape index (κ2) is 5.38. The van der Waals surface area contributed by atoms with Crippen LogP contribution in [0.3, 0.4) is 0 Å². The van der Waals surface area contributed by atoms with E-state index in [1.165, 1.54) is 0 Å². The Bertz CT molecular complexity index is 207. The van der Waals surface area contributed by atoms with Crippen LogP contribution in [0.4, 0.5) is 0 Å². The van der Waals surface area contributed by atoms with Crippen LogP contribution in [0, 0.1) is 12.3 Å². The molecule has 1 fully saturated rings. The Hall–Kier alpha value is -0.520. The molecule has 0 aliphatic carbocycles. The fourth-order valence-corrected chi connectivity index (χ4v) is 2.19. The summed E-state index contributed by atoms with van der Waals surface area (Å²) in [7, 11) is 0. The largest absolute Gasteiger partial charge is 0.311 e. The predicted molar refractivity (Wildman–Crippen MR) is 61.2 cm³/mol. The number of nitrogens with one attached hydrogen (secondary N) is 1. The van der Waals surface area contributed by atoms with Crippen molar-refractivity contribution in [1.29, 1.82) is 0 Å². The third kappa shape index (κ3) is 2.73. The monoisotopic (exact) mass is 194 g/mol. The van der Waals surface area contributed by atoms with Gasteiger partial charge in [0.05, 0.1) is 0 Å². The second-order valence-electron chi connectivity index (χ2n) is 4.33. The molecule has 0 aromatic rings. The van der Waals surface area contributed by atoms with Gasteiger partial charge in [-0.15, -0.1) is 12.3 Å². The Morgan fingerprint density at radius 3 is 2.86 bits per heavy atom. The van der Waals surface area contributed by atoms with Gasteiger partial charge in [-0.3, -0.25) is 4.90 Å².